The van der Waals surface area contributed by atoms with Crippen molar-refractivity contribution in [2.75, 3.05) is 19.7 Å². The molecule has 0 fully saturated rings. The third kappa shape index (κ3) is 3.92. The smallest absolute Gasteiger partial charge is 0.0459 e. The molecule has 0 radical (unpaired) electrons. The van der Waals surface area contributed by atoms with Crippen LogP contribution in [0.4, 0.5) is 0 Å². The van der Waals surface area contributed by atoms with Gasteiger partial charge in [-0.3, -0.25) is 0 Å². The average Bonchev–Trinajstić information content (AvgIpc) is 2.28. The van der Waals surface area contributed by atoms with E-state index in [0.29, 0.717) is 29.6 Å². The molecular weight excluding hydrogens is 247 g/mol. The second-order valence-electron chi connectivity index (χ2n) is 3.49. The first-order valence-corrected chi connectivity index (χ1v) is 5.94. The molecule has 1 rings (SSSR count). The van der Waals surface area contributed by atoms with Crippen LogP contribution >= 0.6 is 23.2 Å². The number of hydrogen-bond acceptors (Lipinski definition) is 3. The van der Waals surface area contributed by atoms with E-state index < -0.39 is 0 Å². The summed E-state index contributed by atoms with van der Waals surface area (Å²) in [6, 6.07) is 5.29. The van der Waals surface area contributed by atoms with Gasteiger partial charge >= 0.3 is 0 Å². The van der Waals surface area contributed by atoms with Gasteiger partial charge in [-0.15, -0.1) is 0 Å². The van der Waals surface area contributed by atoms with Gasteiger partial charge in [0.15, 0.2) is 0 Å². The number of aliphatic hydroxyl groups excluding tert-OH is 1. The van der Waals surface area contributed by atoms with E-state index in [1.54, 1.807) is 12.1 Å². The zero-order valence-corrected chi connectivity index (χ0v) is 10.4. The van der Waals surface area contributed by atoms with E-state index >= 15 is 0 Å². The fourth-order valence-corrected chi connectivity index (χ4v) is 1.89. The molecule has 0 saturated carbocycles. The van der Waals surface area contributed by atoms with E-state index in [9.17, 15) is 0 Å². The van der Waals surface area contributed by atoms with Crippen LogP contribution in [0.2, 0.25) is 10.0 Å². The molecule has 4 N–H and O–H groups in total. The Morgan fingerprint density at radius 2 is 2.12 bits per heavy atom. The van der Waals surface area contributed by atoms with Crippen molar-refractivity contribution in [2.45, 2.75) is 12.5 Å². The molecule has 3 nitrogen and oxygen atoms in total. The van der Waals surface area contributed by atoms with Crippen LogP contribution in [-0.2, 0) is 0 Å². The predicted octanol–water partition coefficient (Wildman–Crippen LogP) is 1.97. The van der Waals surface area contributed by atoms with E-state index in [-0.39, 0.29) is 12.6 Å². The fraction of sp³-hybridized carbons (Fsp3) is 0.455. The molecular formula is C11H16Cl2N2O. The molecule has 1 aromatic carbocycles. The fourth-order valence-electron chi connectivity index (χ4n) is 1.46. The van der Waals surface area contributed by atoms with Crippen molar-refractivity contribution >= 4 is 23.2 Å². The van der Waals surface area contributed by atoms with Crippen LogP contribution in [0.1, 0.15) is 18.0 Å². The Bertz CT molecular complexity index is 334. The van der Waals surface area contributed by atoms with Crippen LogP contribution in [0.15, 0.2) is 18.2 Å². The number of halogens is 2. The molecule has 0 heterocycles. The van der Waals surface area contributed by atoms with Crippen molar-refractivity contribution in [1.82, 2.24) is 5.32 Å². The lowest BCUT2D eigenvalue weighted by Crippen LogP contribution is -2.29. The van der Waals surface area contributed by atoms with Crippen molar-refractivity contribution in [3.63, 3.8) is 0 Å². The highest BCUT2D eigenvalue weighted by Crippen LogP contribution is 2.25. The summed E-state index contributed by atoms with van der Waals surface area (Å²) < 4.78 is 0. The van der Waals surface area contributed by atoms with Crippen molar-refractivity contribution in [1.29, 1.82) is 0 Å². The molecule has 90 valence electrons. The number of aliphatic hydroxyl groups is 1. The Hall–Kier alpha value is -0.320. The van der Waals surface area contributed by atoms with Gasteiger partial charge in [0.2, 0.25) is 0 Å². The van der Waals surface area contributed by atoms with Crippen LogP contribution < -0.4 is 11.1 Å². The van der Waals surface area contributed by atoms with Crippen molar-refractivity contribution < 1.29 is 5.11 Å². The first-order valence-electron chi connectivity index (χ1n) is 5.18. The summed E-state index contributed by atoms with van der Waals surface area (Å²) in [5, 5.41) is 13.2. The van der Waals surface area contributed by atoms with Gasteiger partial charge < -0.3 is 16.2 Å². The molecule has 1 aromatic rings. The summed E-state index contributed by atoms with van der Waals surface area (Å²) in [4.78, 5) is 0. The third-order valence-corrected chi connectivity index (χ3v) is 2.87. The van der Waals surface area contributed by atoms with E-state index in [1.807, 2.05) is 6.07 Å². The lowest BCUT2D eigenvalue weighted by Gasteiger charge is -2.18. The predicted molar refractivity (Wildman–Crippen MR) is 68.0 cm³/mol. The maximum Gasteiger partial charge on any atom is 0.0459 e. The van der Waals surface area contributed by atoms with E-state index in [4.69, 9.17) is 34.0 Å². The number of nitrogens with one attached hydrogen (secondary N) is 1. The summed E-state index contributed by atoms with van der Waals surface area (Å²) in [5.41, 5.74) is 6.58. The normalized spacial score (nSPS) is 12.8. The highest BCUT2D eigenvalue weighted by atomic mass is 35.5. The lowest BCUT2D eigenvalue weighted by molar-refractivity contribution is 0.283. The first-order chi connectivity index (χ1) is 7.69. The first kappa shape index (κ1) is 13.7. The summed E-state index contributed by atoms with van der Waals surface area (Å²) in [6.07, 6.45) is 0.689. The zero-order chi connectivity index (χ0) is 12.0. The second kappa shape index (κ2) is 7.09. The molecule has 0 aliphatic rings. The minimum atomic E-state index is -0.0299. The van der Waals surface area contributed by atoms with Crippen LogP contribution in [0.3, 0.4) is 0 Å². The maximum absolute atomic E-state index is 8.70. The standard InChI is InChI=1S/C11H16Cl2N2O/c12-8-2-3-10(13)9(6-8)11(7-14)15-4-1-5-16/h2-3,6,11,15-16H,1,4-5,7,14H2. The van der Waals surface area contributed by atoms with Crippen molar-refractivity contribution in [2.24, 2.45) is 5.73 Å². The second-order valence-corrected chi connectivity index (χ2v) is 4.33. The largest absolute Gasteiger partial charge is 0.396 e. The molecule has 0 amide bonds. The van der Waals surface area contributed by atoms with Gasteiger partial charge in [0.05, 0.1) is 0 Å². The van der Waals surface area contributed by atoms with Gasteiger partial charge in [-0.1, -0.05) is 23.2 Å². The van der Waals surface area contributed by atoms with Crippen LogP contribution in [0.25, 0.3) is 0 Å². The summed E-state index contributed by atoms with van der Waals surface area (Å²) in [7, 11) is 0. The summed E-state index contributed by atoms with van der Waals surface area (Å²) in [6.45, 7) is 1.29. The maximum atomic E-state index is 8.70. The van der Waals surface area contributed by atoms with Crippen LogP contribution in [0.5, 0.6) is 0 Å². The Balaban J connectivity index is 2.73. The summed E-state index contributed by atoms with van der Waals surface area (Å²) >= 11 is 12.0. The third-order valence-electron chi connectivity index (χ3n) is 2.29. The summed E-state index contributed by atoms with van der Waals surface area (Å²) in [5.74, 6) is 0. The minimum absolute atomic E-state index is 0.0299. The molecule has 0 spiro atoms. The quantitative estimate of drug-likeness (QED) is 0.688. The van der Waals surface area contributed by atoms with Crippen molar-refractivity contribution in [3.05, 3.63) is 33.8 Å². The average molecular weight is 263 g/mol. The lowest BCUT2D eigenvalue weighted by atomic mass is 10.1. The van der Waals surface area contributed by atoms with E-state index in [1.165, 1.54) is 0 Å². The SMILES string of the molecule is NCC(NCCCO)c1cc(Cl)ccc1Cl. The molecule has 1 unspecified atom stereocenters. The van der Waals surface area contributed by atoms with Gasteiger partial charge in [0.25, 0.3) is 0 Å². The van der Waals surface area contributed by atoms with Gasteiger partial charge in [-0.05, 0) is 36.7 Å². The van der Waals surface area contributed by atoms with E-state index in [2.05, 4.69) is 5.32 Å². The van der Waals surface area contributed by atoms with Gasteiger partial charge in [0.1, 0.15) is 0 Å². The molecule has 0 saturated heterocycles. The van der Waals surface area contributed by atoms with Crippen LogP contribution in [-0.4, -0.2) is 24.8 Å². The number of hydrogen-bond donors (Lipinski definition) is 3. The Labute approximate surface area is 106 Å². The Morgan fingerprint density at radius 1 is 1.38 bits per heavy atom. The molecule has 1 atom stereocenters. The van der Waals surface area contributed by atoms with Gasteiger partial charge in [-0.2, -0.15) is 0 Å². The molecule has 5 heteroatoms. The van der Waals surface area contributed by atoms with E-state index in [0.717, 1.165) is 5.56 Å². The highest BCUT2D eigenvalue weighted by Gasteiger charge is 2.12. The minimum Gasteiger partial charge on any atom is -0.396 e. The van der Waals surface area contributed by atoms with Crippen molar-refractivity contribution in [3.8, 4) is 0 Å². The topological polar surface area (TPSA) is 58.3 Å². The Kier molecular flexibility index (Phi) is 6.09. The van der Waals surface area contributed by atoms with Gasteiger partial charge in [-0.25, -0.2) is 0 Å². The molecule has 16 heavy (non-hydrogen) atoms. The molecule has 0 aliphatic heterocycles. The van der Waals surface area contributed by atoms with Gasteiger partial charge in [0, 0.05) is 29.2 Å². The monoisotopic (exact) mass is 262 g/mol. The Morgan fingerprint density at radius 3 is 2.75 bits per heavy atom. The zero-order valence-electron chi connectivity index (χ0n) is 8.92. The molecule has 0 aromatic heterocycles. The highest BCUT2D eigenvalue weighted by molar-refractivity contribution is 6.33. The molecule has 0 aliphatic carbocycles. The number of nitrogens with two attached hydrogens (primary N) is 1. The molecule has 0 bridgehead atoms. The number of benzene rings is 1. The van der Waals surface area contributed by atoms with Crippen LogP contribution in [0, 0.1) is 0 Å². The number of rotatable bonds is 6.